The average Bonchev–Trinajstić information content (AvgIpc) is 2.15. The van der Waals surface area contributed by atoms with Crippen LogP contribution < -0.4 is 5.73 Å². The minimum Gasteiger partial charge on any atom is -0.384 e. The Hall–Kier alpha value is -0.480. The second-order valence-electron chi connectivity index (χ2n) is 3.76. The highest BCUT2D eigenvalue weighted by molar-refractivity contribution is 9.10. The van der Waals surface area contributed by atoms with E-state index in [9.17, 15) is 0 Å². The van der Waals surface area contributed by atoms with Crippen molar-refractivity contribution in [3.05, 3.63) is 28.2 Å². The van der Waals surface area contributed by atoms with Crippen LogP contribution >= 0.6 is 27.7 Å². The summed E-state index contributed by atoms with van der Waals surface area (Å²) in [4.78, 5) is 1.08. The van der Waals surface area contributed by atoms with E-state index in [-0.39, 0.29) is 5.84 Å². The molecule has 0 saturated carbocycles. The molecule has 0 aromatic heterocycles. The van der Waals surface area contributed by atoms with Crippen LogP contribution in [0.15, 0.2) is 27.6 Å². The van der Waals surface area contributed by atoms with Crippen molar-refractivity contribution in [1.82, 2.24) is 0 Å². The first kappa shape index (κ1) is 12.6. The fourth-order valence-electron chi connectivity index (χ4n) is 1.09. The van der Waals surface area contributed by atoms with Gasteiger partial charge in [-0.15, -0.1) is 11.8 Å². The maximum atomic E-state index is 7.50. The van der Waals surface area contributed by atoms with E-state index in [2.05, 4.69) is 29.8 Å². The maximum Gasteiger partial charge on any atom is 0.123 e. The summed E-state index contributed by atoms with van der Waals surface area (Å²) in [5, 5.41) is 7.50. The van der Waals surface area contributed by atoms with Gasteiger partial charge in [-0.2, -0.15) is 0 Å². The molecule has 1 aromatic carbocycles. The molecule has 0 heterocycles. The molecule has 0 saturated heterocycles. The second-order valence-corrected chi connectivity index (χ2v) is 5.74. The van der Waals surface area contributed by atoms with Gasteiger partial charge in [0.25, 0.3) is 0 Å². The summed E-state index contributed by atoms with van der Waals surface area (Å²) >= 11 is 5.13. The monoisotopic (exact) mass is 286 g/mol. The van der Waals surface area contributed by atoms with E-state index < -0.39 is 0 Å². The molecule has 0 spiro atoms. The number of benzene rings is 1. The molecule has 0 aliphatic carbocycles. The number of amidine groups is 1. The van der Waals surface area contributed by atoms with E-state index >= 15 is 0 Å². The Labute approximate surface area is 103 Å². The SMILES string of the molecule is CC(C)CSc1ccc(Br)cc1C(=N)N. The first-order chi connectivity index (χ1) is 7.00. The first-order valence-electron chi connectivity index (χ1n) is 4.77. The highest BCUT2D eigenvalue weighted by atomic mass is 79.9. The van der Waals surface area contributed by atoms with Crippen molar-refractivity contribution in [3.8, 4) is 0 Å². The predicted octanol–water partition coefficient (Wildman–Crippen LogP) is 3.48. The van der Waals surface area contributed by atoms with E-state index in [1.807, 2.05) is 18.2 Å². The van der Waals surface area contributed by atoms with Crippen LogP contribution in [0.2, 0.25) is 0 Å². The lowest BCUT2D eigenvalue weighted by atomic mass is 10.2. The number of hydrogen-bond acceptors (Lipinski definition) is 2. The molecule has 1 aromatic rings. The van der Waals surface area contributed by atoms with Crippen LogP contribution in [-0.2, 0) is 0 Å². The van der Waals surface area contributed by atoms with Crippen LogP contribution in [0.25, 0.3) is 0 Å². The molecule has 0 radical (unpaired) electrons. The molecule has 0 aliphatic rings. The molecular weight excluding hydrogens is 272 g/mol. The zero-order valence-corrected chi connectivity index (χ0v) is 11.3. The number of nitrogens with two attached hydrogens (primary N) is 1. The number of halogens is 1. The number of hydrogen-bond donors (Lipinski definition) is 2. The summed E-state index contributed by atoms with van der Waals surface area (Å²) in [6.07, 6.45) is 0. The first-order valence-corrected chi connectivity index (χ1v) is 6.55. The number of thioether (sulfide) groups is 1. The molecule has 4 heteroatoms. The van der Waals surface area contributed by atoms with Gasteiger partial charge in [-0.05, 0) is 24.1 Å². The van der Waals surface area contributed by atoms with E-state index in [0.717, 1.165) is 20.7 Å². The van der Waals surface area contributed by atoms with Gasteiger partial charge in [-0.1, -0.05) is 29.8 Å². The van der Waals surface area contributed by atoms with Crippen molar-refractivity contribution < 1.29 is 0 Å². The molecule has 0 aliphatic heterocycles. The largest absolute Gasteiger partial charge is 0.384 e. The van der Waals surface area contributed by atoms with E-state index in [0.29, 0.717) is 5.92 Å². The summed E-state index contributed by atoms with van der Waals surface area (Å²) < 4.78 is 0.960. The van der Waals surface area contributed by atoms with Crippen molar-refractivity contribution in [1.29, 1.82) is 5.41 Å². The van der Waals surface area contributed by atoms with Gasteiger partial charge in [-0.25, -0.2) is 0 Å². The molecule has 0 fully saturated rings. The lowest BCUT2D eigenvalue weighted by Crippen LogP contribution is -2.12. The highest BCUT2D eigenvalue weighted by Crippen LogP contribution is 2.27. The van der Waals surface area contributed by atoms with Gasteiger partial charge >= 0.3 is 0 Å². The quantitative estimate of drug-likeness (QED) is 0.506. The van der Waals surface area contributed by atoms with Crippen LogP contribution in [0.1, 0.15) is 19.4 Å². The Balaban J connectivity index is 2.91. The third-order valence-corrected chi connectivity index (χ3v) is 3.80. The molecule has 0 atom stereocenters. The summed E-state index contributed by atoms with van der Waals surface area (Å²) in [7, 11) is 0. The maximum absolute atomic E-state index is 7.50. The van der Waals surface area contributed by atoms with Crippen molar-refractivity contribution in [3.63, 3.8) is 0 Å². The zero-order valence-electron chi connectivity index (χ0n) is 8.88. The summed E-state index contributed by atoms with van der Waals surface area (Å²) in [5.41, 5.74) is 6.35. The van der Waals surface area contributed by atoms with Crippen molar-refractivity contribution in [2.45, 2.75) is 18.7 Å². The van der Waals surface area contributed by atoms with Gasteiger partial charge in [0.15, 0.2) is 0 Å². The standard InChI is InChI=1S/C11H15BrN2S/c1-7(2)6-15-10-4-3-8(12)5-9(10)11(13)14/h3-5,7H,6H2,1-2H3,(H3,13,14). The van der Waals surface area contributed by atoms with Gasteiger partial charge < -0.3 is 5.73 Å². The Morgan fingerprint density at radius 1 is 1.53 bits per heavy atom. The minimum absolute atomic E-state index is 0.127. The number of nitrogen functional groups attached to an aromatic ring is 1. The molecular formula is C11H15BrN2S. The molecule has 2 nitrogen and oxygen atoms in total. The fourth-order valence-corrected chi connectivity index (χ4v) is 2.46. The molecule has 15 heavy (non-hydrogen) atoms. The summed E-state index contributed by atoms with van der Waals surface area (Å²) in [6, 6.07) is 5.88. The van der Waals surface area contributed by atoms with E-state index in [1.54, 1.807) is 11.8 Å². The normalized spacial score (nSPS) is 10.7. The molecule has 0 unspecified atom stereocenters. The predicted molar refractivity (Wildman–Crippen MR) is 70.7 cm³/mol. The van der Waals surface area contributed by atoms with Gasteiger partial charge in [0, 0.05) is 20.7 Å². The smallest absolute Gasteiger partial charge is 0.123 e. The van der Waals surface area contributed by atoms with Crippen LogP contribution in [-0.4, -0.2) is 11.6 Å². The summed E-state index contributed by atoms with van der Waals surface area (Å²) in [5.74, 6) is 1.81. The second kappa shape index (κ2) is 5.56. The molecule has 1 rings (SSSR count). The van der Waals surface area contributed by atoms with E-state index in [1.165, 1.54) is 0 Å². The van der Waals surface area contributed by atoms with Crippen molar-refractivity contribution in [2.24, 2.45) is 11.7 Å². The zero-order chi connectivity index (χ0) is 11.4. The van der Waals surface area contributed by atoms with Crippen LogP contribution in [0.5, 0.6) is 0 Å². The van der Waals surface area contributed by atoms with Gasteiger partial charge in [-0.3, -0.25) is 5.41 Å². The molecule has 3 N–H and O–H groups in total. The van der Waals surface area contributed by atoms with E-state index in [4.69, 9.17) is 11.1 Å². The topological polar surface area (TPSA) is 49.9 Å². The lowest BCUT2D eigenvalue weighted by molar-refractivity contribution is 0.750. The van der Waals surface area contributed by atoms with Gasteiger partial charge in [0.2, 0.25) is 0 Å². The molecule has 82 valence electrons. The molecule has 0 bridgehead atoms. The van der Waals surface area contributed by atoms with Crippen LogP contribution in [0.4, 0.5) is 0 Å². The highest BCUT2D eigenvalue weighted by Gasteiger charge is 2.07. The van der Waals surface area contributed by atoms with Gasteiger partial charge in [0.1, 0.15) is 5.84 Å². The Morgan fingerprint density at radius 3 is 2.73 bits per heavy atom. The third-order valence-electron chi connectivity index (χ3n) is 1.80. The van der Waals surface area contributed by atoms with Crippen LogP contribution in [0, 0.1) is 11.3 Å². The summed E-state index contributed by atoms with van der Waals surface area (Å²) in [6.45, 7) is 4.36. The van der Waals surface area contributed by atoms with Crippen molar-refractivity contribution in [2.75, 3.05) is 5.75 Å². The third kappa shape index (κ3) is 3.87. The van der Waals surface area contributed by atoms with Crippen molar-refractivity contribution >= 4 is 33.5 Å². The van der Waals surface area contributed by atoms with Crippen LogP contribution in [0.3, 0.4) is 0 Å². The Morgan fingerprint density at radius 2 is 2.20 bits per heavy atom. The Bertz CT molecular complexity index is 364. The average molecular weight is 287 g/mol. The fraction of sp³-hybridized carbons (Fsp3) is 0.364. The number of nitrogens with one attached hydrogen (secondary N) is 1. The number of rotatable bonds is 4. The Kier molecular flexibility index (Phi) is 4.67. The minimum atomic E-state index is 0.127. The van der Waals surface area contributed by atoms with Gasteiger partial charge in [0.05, 0.1) is 0 Å². The lowest BCUT2D eigenvalue weighted by Gasteiger charge is -2.09. The molecule has 0 amide bonds.